The first-order chi connectivity index (χ1) is 27.7. The second-order valence-corrected chi connectivity index (χ2v) is 15.7. The molecule has 11 rings (SSSR count). The van der Waals surface area contributed by atoms with Gasteiger partial charge in [0.15, 0.2) is 0 Å². The Bertz CT molecular complexity index is 2920. The van der Waals surface area contributed by atoms with Gasteiger partial charge in [0.05, 0.1) is 28.3 Å². The molecule has 8 aromatic rings. The summed E-state index contributed by atoms with van der Waals surface area (Å²) in [5.74, 6) is 1.68. The third kappa shape index (κ3) is 5.62. The predicted molar refractivity (Wildman–Crippen MR) is 235 cm³/mol. The number of hydrogen-bond donors (Lipinski definition) is 0. The van der Waals surface area contributed by atoms with Gasteiger partial charge in [0, 0.05) is 27.3 Å². The van der Waals surface area contributed by atoms with Crippen LogP contribution in [0, 0.1) is 0 Å². The van der Waals surface area contributed by atoms with E-state index >= 15 is 0 Å². The van der Waals surface area contributed by atoms with Crippen LogP contribution in [0.15, 0.2) is 209 Å². The average molecular weight is 736 g/mol. The molecule has 0 fully saturated rings. The fraction of sp³-hybridized carbons (Fsp3) is 0.0588. The van der Waals surface area contributed by atoms with Gasteiger partial charge >= 0.3 is 0 Å². The number of aromatic nitrogens is 1. The van der Waals surface area contributed by atoms with Gasteiger partial charge in [0.1, 0.15) is 0 Å². The van der Waals surface area contributed by atoms with Gasteiger partial charge < -0.3 is 14.9 Å². The highest BCUT2D eigenvalue weighted by atomic mass is 32.2. The molecule has 3 atom stereocenters. The Morgan fingerprint density at radius 3 is 2.04 bits per heavy atom. The molecule has 1 aliphatic carbocycles. The second-order valence-electron chi connectivity index (χ2n) is 14.5. The van der Waals surface area contributed by atoms with E-state index in [-0.39, 0.29) is 5.25 Å². The van der Waals surface area contributed by atoms with Crippen molar-refractivity contribution in [2.24, 2.45) is 9.98 Å². The van der Waals surface area contributed by atoms with Gasteiger partial charge in [0.25, 0.3) is 0 Å². The minimum absolute atomic E-state index is 0.274. The van der Waals surface area contributed by atoms with Crippen molar-refractivity contribution in [2.75, 3.05) is 0 Å². The fourth-order valence-electron chi connectivity index (χ4n) is 8.44. The molecule has 266 valence electrons. The number of thioether (sulfide) groups is 1. The molecule has 0 N–H and O–H groups in total. The Kier molecular flexibility index (Phi) is 7.92. The Labute approximate surface area is 330 Å². The minimum atomic E-state index is -0.454. The lowest BCUT2D eigenvalue weighted by molar-refractivity contribution is 0.863. The monoisotopic (exact) mass is 735 g/mol. The van der Waals surface area contributed by atoms with Gasteiger partial charge in [-0.15, -0.1) is 11.8 Å². The molecule has 5 heteroatoms. The lowest BCUT2D eigenvalue weighted by atomic mass is 9.90. The normalized spacial score (nSPS) is 18.5. The van der Waals surface area contributed by atoms with Gasteiger partial charge in [-0.05, 0) is 74.8 Å². The van der Waals surface area contributed by atoms with Crippen LogP contribution in [0.25, 0.3) is 55.1 Å². The van der Waals surface area contributed by atoms with Crippen molar-refractivity contribution in [1.82, 2.24) is 4.57 Å². The van der Waals surface area contributed by atoms with E-state index in [2.05, 4.69) is 187 Å². The van der Waals surface area contributed by atoms with Crippen LogP contribution in [0.1, 0.15) is 34.3 Å². The molecule has 3 heterocycles. The Balaban J connectivity index is 1.05. The molecule has 56 heavy (non-hydrogen) atoms. The lowest BCUT2D eigenvalue weighted by Crippen LogP contribution is -2.18. The summed E-state index contributed by atoms with van der Waals surface area (Å²) in [6.45, 7) is 0. The number of allylic oxidation sites excluding steroid dienone is 3. The first-order valence-corrected chi connectivity index (χ1v) is 20.0. The van der Waals surface area contributed by atoms with Crippen LogP contribution in [0.3, 0.4) is 0 Å². The average Bonchev–Trinajstić information content (AvgIpc) is 3.83. The summed E-state index contributed by atoms with van der Waals surface area (Å²) in [6.07, 6.45) is 6.46. The van der Waals surface area contributed by atoms with Crippen molar-refractivity contribution in [1.29, 1.82) is 0 Å². The summed E-state index contributed by atoms with van der Waals surface area (Å²) in [6, 6.07) is 62.5. The van der Waals surface area contributed by atoms with E-state index in [1.807, 2.05) is 23.9 Å². The maximum absolute atomic E-state index is 5.29. The van der Waals surface area contributed by atoms with Crippen molar-refractivity contribution in [3.8, 4) is 22.3 Å². The summed E-state index contributed by atoms with van der Waals surface area (Å²) in [5, 5.41) is 7.94. The molecule has 2 aliphatic heterocycles. The van der Waals surface area contributed by atoms with Crippen LogP contribution >= 0.6 is 11.8 Å². The first-order valence-electron chi connectivity index (χ1n) is 19.1. The summed E-state index contributed by atoms with van der Waals surface area (Å²) in [5.41, 5.74) is 12.6. The molecule has 0 saturated carbocycles. The second kappa shape index (κ2) is 13.6. The van der Waals surface area contributed by atoms with Crippen molar-refractivity contribution >= 4 is 50.9 Å². The zero-order valence-electron chi connectivity index (χ0n) is 30.4. The molecule has 0 saturated heterocycles. The van der Waals surface area contributed by atoms with Crippen LogP contribution in [-0.4, -0.2) is 21.5 Å². The number of aliphatic imine (C=N–C) groups is 2. The molecular formula is C51H35N4S-. The third-order valence-corrected chi connectivity index (χ3v) is 12.6. The van der Waals surface area contributed by atoms with Gasteiger partial charge in [-0.2, -0.15) is 0 Å². The van der Waals surface area contributed by atoms with E-state index in [0.717, 1.165) is 38.9 Å². The Hall–Kier alpha value is -6.69. The SMILES string of the molecule is C1=CC2c3ccccc3SC2C(n2c3ccccc3c3ccc(C4=NC(c5ccc(-c6ccccc6)cc5)[N-]C(c5cccc(-c6ccccc6)c5)=N4)cc32)=C1. The maximum Gasteiger partial charge on any atom is 0.0822 e. The summed E-state index contributed by atoms with van der Waals surface area (Å²) in [4.78, 5) is 11.9. The number of amidine groups is 2. The van der Waals surface area contributed by atoms with Crippen LogP contribution in [0.4, 0.5) is 0 Å². The number of hydrogen-bond acceptors (Lipinski definition) is 3. The zero-order chi connectivity index (χ0) is 37.0. The molecule has 0 radical (unpaired) electrons. The minimum Gasteiger partial charge on any atom is -0.438 e. The standard InChI is InChI=1S/C51H35N4S/c1-3-13-33(14-4-1)35-25-27-36(28-26-35)49-52-50(38-18-11-17-37(31-38)34-15-5-2-6-16-34)54-51(53-49)39-29-30-41-40-19-7-9-22-44(40)55(46(41)32-39)45-23-12-21-43-42-20-8-10-24-47(42)56-48(43)45/h1-32,43,48-49H/q-1. The highest BCUT2D eigenvalue weighted by molar-refractivity contribution is 8.00. The van der Waals surface area contributed by atoms with Crippen molar-refractivity contribution < 1.29 is 0 Å². The van der Waals surface area contributed by atoms with Crippen molar-refractivity contribution in [2.45, 2.75) is 22.2 Å². The lowest BCUT2D eigenvalue weighted by Gasteiger charge is -2.32. The predicted octanol–water partition coefficient (Wildman–Crippen LogP) is 13.1. The van der Waals surface area contributed by atoms with Crippen molar-refractivity contribution in [3.63, 3.8) is 0 Å². The molecule has 7 aromatic carbocycles. The topological polar surface area (TPSA) is 43.8 Å². The number of para-hydroxylation sites is 1. The molecule has 0 amide bonds. The van der Waals surface area contributed by atoms with Crippen LogP contribution in [0.5, 0.6) is 0 Å². The van der Waals surface area contributed by atoms with Crippen LogP contribution in [-0.2, 0) is 0 Å². The fourth-order valence-corrected chi connectivity index (χ4v) is 9.90. The quantitative estimate of drug-likeness (QED) is 0.168. The zero-order valence-corrected chi connectivity index (χ0v) is 31.2. The molecular weight excluding hydrogens is 701 g/mol. The van der Waals surface area contributed by atoms with Gasteiger partial charge in [-0.25, -0.2) is 0 Å². The smallest absolute Gasteiger partial charge is 0.0822 e. The summed E-state index contributed by atoms with van der Waals surface area (Å²) >= 11 is 1.97. The van der Waals surface area contributed by atoms with E-state index < -0.39 is 6.17 Å². The summed E-state index contributed by atoms with van der Waals surface area (Å²) in [7, 11) is 0. The van der Waals surface area contributed by atoms with E-state index in [1.54, 1.807) is 0 Å². The molecule has 0 spiro atoms. The largest absolute Gasteiger partial charge is 0.438 e. The van der Waals surface area contributed by atoms with E-state index in [1.165, 1.54) is 38.0 Å². The highest BCUT2D eigenvalue weighted by Gasteiger charge is 2.37. The van der Waals surface area contributed by atoms with Gasteiger partial charge in [-0.3, -0.25) is 4.99 Å². The molecule has 0 bridgehead atoms. The number of rotatable bonds is 6. The van der Waals surface area contributed by atoms with Crippen molar-refractivity contribution in [3.05, 3.63) is 222 Å². The van der Waals surface area contributed by atoms with Gasteiger partial charge in [-0.1, -0.05) is 170 Å². The molecule has 3 unspecified atom stereocenters. The van der Waals surface area contributed by atoms with E-state index in [0.29, 0.717) is 17.6 Å². The number of nitrogens with zero attached hydrogens (tertiary/aromatic N) is 4. The van der Waals surface area contributed by atoms with Crippen LogP contribution < -0.4 is 0 Å². The Morgan fingerprint density at radius 1 is 0.536 bits per heavy atom. The maximum atomic E-state index is 5.29. The highest BCUT2D eigenvalue weighted by Crippen LogP contribution is 2.52. The van der Waals surface area contributed by atoms with E-state index in [9.17, 15) is 0 Å². The van der Waals surface area contributed by atoms with Crippen LogP contribution in [0.2, 0.25) is 0 Å². The third-order valence-electron chi connectivity index (χ3n) is 11.2. The number of benzene rings is 7. The van der Waals surface area contributed by atoms with Gasteiger partial charge in [0.2, 0.25) is 0 Å². The summed E-state index contributed by atoms with van der Waals surface area (Å²) < 4.78 is 2.48. The van der Waals surface area contributed by atoms with E-state index in [4.69, 9.17) is 15.3 Å². The number of fused-ring (bicyclic) bond motifs is 6. The Morgan fingerprint density at radius 2 is 1.20 bits per heavy atom. The molecule has 4 nitrogen and oxygen atoms in total. The first kappa shape index (κ1) is 32.7. The molecule has 1 aromatic heterocycles. The molecule has 3 aliphatic rings.